The first-order chi connectivity index (χ1) is 10.1. The predicted octanol–water partition coefficient (Wildman–Crippen LogP) is 2.59. The second-order valence-corrected chi connectivity index (χ2v) is 6.97. The van der Waals surface area contributed by atoms with Crippen molar-refractivity contribution in [1.82, 2.24) is 5.32 Å². The van der Waals surface area contributed by atoms with Gasteiger partial charge in [0.2, 0.25) is 0 Å². The van der Waals surface area contributed by atoms with E-state index in [9.17, 15) is 9.90 Å². The van der Waals surface area contributed by atoms with Crippen molar-refractivity contribution in [2.45, 2.75) is 57.5 Å². The maximum Gasteiger partial charge on any atom is 0.308 e. The Balaban J connectivity index is 2.12. The Morgan fingerprint density at radius 1 is 1.33 bits per heavy atom. The number of rotatable bonds is 10. The van der Waals surface area contributed by atoms with Crippen LogP contribution in [0, 0.1) is 5.92 Å². The Kier molecular flexibility index (Phi) is 9.36. The largest absolute Gasteiger partial charge is 0.466 e. The number of aliphatic hydroxyl groups is 1. The summed E-state index contributed by atoms with van der Waals surface area (Å²) in [6.45, 7) is 3.89. The molecule has 1 fully saturated rings. The van der Waals surface area contributed by atoms with E-state index >= 15 is 0 Å². The molecule has 0 aliphatic heterocycles. The molecule has 0 bridgehead atoms. The van der Waals surface area contributed by atoms with Crippen molar-refractivity contribution in [2.24, 2.45) is 5.92 Å². The van der Waals surface area contributed by atoms with Crippen LogP contribution in [0.25, 0.3) is 0 Å². The molecule has 0 amide bonds. The van der Waals surface area contributed by atoms with Gasteiger partial charge in [-0.15, -0.1) is 0 Å². The molecular formula is C16H31NO3S. The van der Waals surface area contributed by atoms with Gasteiger partial charge in [0, 0.05) is 6.54 Å². The number of thioether (sulfide) groups is 1. The number of carbonyl (C=O) groups excluding carboxylic acids is 1. The first-order valence-electron chi connectivity index (χ1n) is 8.20. The van der Waals surface area contributed by atoms with Gasteiger partial charge in [-0.25, -0.2) is 0 Å². The van der Waals surface area contributed by atoms with Crippen molar-refractivity contribution in [3.63, 3.8) is 0 Å². The van der Waals surface area contributed by atoms with Crippen LogP contribution < -0.4 is 5.32 Å². The van der Waals surface area contributed by atoms with Crippen molar-refractivity contribution < 1.29 is 14.6 Å². The van der Waals surface area contributed by atoms with Gasteiger partial charge in [-0.2, -0.15) is 11.8 Å². The molecule has 0 spiro atoms. The predicted molar refractivity (Wildman–Crippen MR) is 88.6 cm³/mol. The minimum Gasteiger partial charge on any atom is -0.466 e. The Morgan fingerprint density at radius 2 is 2.05 bits per heavy atom. The van der Waals surface area contributed by atoms with E-state index in [-0.39, 0.29) is 11.9 Å². The van der Waals surface area contributed by atoms with Crippen LogP contribution in [0.1, 0.15) is 51.9 Å². The van der Waals surface area contributed by atoms with Gasteiger partial charge in [0.25, 0.3) is 0 Å². The van der Waals surface area contributed by atoms with Crippen LogP contribution in [0.4, 0.5) is 0 Å². The van der Waals surface area contributed by atoms with E-state index < -0.39 is 5.60 Å². The zero-order valence-electron chi connectivity index (χ0n) is 13.5. The lowest BCUT2D eigenvalue weighted by atomic mass is 9.79. The van der Waals surface area contributed by atoms with Gasteiger partial charge >= 0.3 is 5.97 Å². The zero-order chi connectivity index (χ0) is 15.6. The van der Waals surface area contributed by atoms with Crippen molar-refractivity contribution in [1.29, 1.82) is 0 Å². The number of hydrogen-bond acceptors (Lipinski definition) is 5. The fourth-order valence-electron chi connectivity index (χ4n) is 2.82. The van der Waals surface area contributed by atoms with Crippen LogP contribution >= 0.6 is 11.8 Å². The molecule has 124 valence electrons. The van der Waals surface area contributed by atoms with Gasteiger partial charge in [-0.05, 0) is 64.0 Å². The molecule has 1 saturated carbocycles. The number of nitrogens with one attached hydrogen (secondary N) is 1. The second kappa shape index (κ2) is 10.5. The first-order valence-corrected chi connectivity index (χ1v) is 9.59. The van der Waals surface area contributed by atoms with Gasteiger partial charge in [-0.3, -0.25) is 4.79 Å². The molecular weight excluding hydrogens is 286 g/mol. The van der Waals surface area contributed by atoms with Crippen molar-refractivity contribution >= 4 is 17.7 Å². The summed E-state index contributed by atoms with van der Waals surface area (Å²) in [4.78, 5) is 11.7. The standard InChI is InChI=1S/C16H31NO3S/c1-3-20-15(18)14-7-9-16(19,10-8-14)13-17-11-5-4-6-12-21-2/h14,17,19H,3-13H2,1-2H3. The van der Waals surface area contributed by atoms with Gasteiger partial charge < -0.3 is 15.2 Å². The Bertz CT molecular complexity index is 291. The average molecular weight is 317 g/mol. The molecule has 1 aliphatic rings. The van der Waals surface area contributed by atoms with Gasteiger partial charge in [0.15, 0.2) is 0 Å². The van der Waals surface area contributed by atoms with E-state index in [1.165, 1.54) is 25.0 Å². The fraction of sp³-hybridized carbons (Fsp3) is 0.938. The molecule has 1 aliphatic carbocycles. The maximum atomic E-state index is 11.7. The quantitative estimate of drug-likeness (QED) is 0.479. The summed E-state index contributed by atoms with van der Waals surface area (Å²) >= 11 is 1.90. The first kappa shape index (κ1) is 18.8. The SMILES string of the molecule is CCOC(=O)C1CCC(O)(CNCCCCCSC)CC1. The van der Waals surface area contributed by atoms with Crippen LogP contribution in [0.2, 0.25) is 0 Å². The summed E-state index contributed by atoms with van der Waals surface area (Å²) in [7, 11) is 0. The van der Waals surface area contributed by atoms with E-state index in [0.717, 1.165) is 19.4 Å². The maximum absolute atomic E-state index is 11.7. The van der Waals surface area contributed by atoms with Gasteiger partial charge in [0.05, 0.1) is 18.1 Å². The highest BCUT2D eigenvalue weighted by Crippen LogP contribution is 2.32. The third-order valence-corrected chi connectivity index (χ3v) is 4.89. The molecule has 0 aromatic rings. The summed E-state index contributed by atoms with van der Waals surface area (Å²) in [6, 6.07) is 0. The number of carbonyl (C=O) groups is 1. The lowest BCUT2D eigenvalue weighted by molar-refractivity contribution is -0.151. The van der Waals surface area contributed by atoms with E-state index in [1.54, 1.807) is 0 Å². The van der Waals surface area contributed by atoms with Crippen LogP contribution in [0.5, 0.6) is 0 Å². The number of unbranched alkanes of at least 4 members (excludes halogenated alkanes) is 2. The summed E-state index contributed by atoms with van der Waals surface area (Å²) in [5, 5.41) is 13.9. The van der Waals surface area contributed by atoms with Crippen molar-refractivity contribution in [2.75, 3.05) is 31.7 Å². The highest BCUT2D eigenvalue weighted by Gasteiger charge is 2.35. The lowest BCUT2D eigenvalue weighted by Crippen LogP contribution is -2.44. The lowest BCUT2D eigenvalue weighted by Gasteiger charge is -2.35. The molecule has 4 nitrogen and oxygen atoms in total. The highest BCUT2D eigenvalue weighted by molar-refractivity contribution is 7.98. The molecule has 0 radical (unpaired) electrons. The summed E-state index contributed by atoms with van der Waals surface area (Å²) in [5.74, 6) is 1.12. The number of esters is 1. The average Bonchev–Trinajstić information content (AvgIpc) is 2.47. The number of hydrogen-bond donors (Lipinski definition) is 2. The highest BCUT2D eigenvalue weighted by atomic mass is 32.2. The monoisotopic (exact) mass is 317 g/mol. The normalized spacial score (nSPS) is 25.8. The molecule has 1 rings (SSSR count). The molecule has 5 heteroatoms. The van der Waals surface area contributed by atoms with E-state index in [1.807, 2.05) is 18.7 Å². The summed E-state index contributed by atoms with van der Waals surface area (Å²) < 4.78 is 5.06. The molecule has 0 aromatic carbocycles. The van der Waals surface area contributed by atoms with Crippen molar-refractivity contribution in [3.8, 4) is 0 Å². The third kappa shape index (κ3) is 7.52. The Labute approximate surface area is 133 Å². The molecule has 2 N–H and O–H groups in total. The third-order valence-electron chi connectivity index (χ3n) is 4.19. The molecule has 0 unspecified atom stereocenters. The molecule has 21 heavy (non-hydrogen) atoms. The van der Waals surface area contributed by atoms with Crippen LogP contribution in [-0.2, 0) is 9.53 Å². The van der Waals surface area contributed by atoms with E-state index in [4.69, 9.17) is 4.74 Å². The molecule has 0 heterocycles. The smallest absolute Gasteiger partial charge is 0.308 e. The zero-order valence-corrected chi connectivity index (χ0v) is 14.3. The van der Waals surface area contributed by atoms with Crippen molar-refractivity contribution in [3.05, 3.63) is 0 Å². The second-order valence-electron chi connectivity index (χ2n) is 5.98. The van der Waals surface area contributed by atoms with Crippen LogP contribution in [0.3, 0.4) is 0 Å². The Morgan fingerprint density at radius 3 is 2.67 bits per heavy atom. The molecule has 0 atom stereocenters. The van der Waals surface area contributed by atoms with Gasteiger partial charge in [-0.1, -0.05) is 6.42 Å². The van der Waals surface area contributed by atoms with Gasteiger partial charge in [0.1, 0.15) is 0 Å². The Hall–Kier alpha value is -0.260. The fourth-order valence-corrected chi connectivity index (χ4v) is 3.31. The van der Waals surface area contributed by atoms with Crippen LogP contribution in [0.15, 0.2) is 0 Å². The van der Waals surface area contributed by atoms with Crippen LogP contribution in [-0.4, -0.2) is 48.4 Å². The summed E-state index contributed by atoms with van der Waals surface area (Å²) in [5.41, 5.74) is -0.637. The molecule has 0 aromatic heterocycles. The molecule has 0 saturated heterocycles. The number of ether oxygens (including phenoxy) is 1. The van der Waals surface area contributed by atoms with E-state index in [2.05, 4.69) is 11.6 Å². The summed E-state index contributed by atoms with van der Waals surface area (Å²) in [6.07, 6.45) is 8.69. The minimum absolute atomic E-state index is 0.0169. The topological polar surface area (TPSA) is 58.6 Å². The van der Waals surface area contributed by atoms with E-state index in [0.29, 0.717) is 26.0 Å². The minimum atomic E-state index is -0.637.